The third-order valence-electron chi connectivity index (χ3n) is 3.61. The summed E-state index contributed by atoms with van der Waals surface area (Å²) in [5.41, 5.74) is 2.02. The number of rotatable bonds is 7. The van der Waals surface area contributed by atoms with E-state index in [0.717, 1.165) is 11.3 Å². The number of nitrogens with one attached hydrogen (secondary N) is 1. The molecule has 1 unspecified atom stereocenters. The number of likely N-dealkylation sites (N-methyl/N-ethyl adjacent to an activating group) is 1. The van der Waals surface area contributed by atoms with Crippen LogP contribution >= 0.6 is 0 Å². The lowest BCUT2D eigenvalue weighted by atomic mass is 10.1. The van der Waals surface area contributed by atoms with E-state index in [2.05, 4.69) is 9.71 Å². The molecule has 1 atom stereocenters. The normalized spacial score (nSPS) is 13.4. The number of hydrogen-bond donors (Lipinski definition) is 1. The van der Waals surface area contributed by atoms with Crippen LogP contribution in [0.25, 0.3) is 0 Å². The molecule has 0 saturated heterocycles. The SMILES string of the molecule is Cc1ccc(S(=O)(=O)NC(Cc2cncn2C)CN(C)C)cc1. The molecule has 0 fully saturated rings. The van der Waals surface area contributed by atoms with E-state index in [1.54, 1.807) is 36.8 Å². The van der Waals surface area contributed by atoms with Crippen molar-refractivity contribution >= 4 is 10.0 Å². The summed E-state index contributed by atoms with van der Waals surface area (Å²) in [5, 5.41) is 0. The zero-order valence-corrected chi connectivity index (χ0v) is 14.8. The number of imidazole rings is 1. The van der Waals surface area contributed by atoms with E-state index < -0.39 is 10.0 Å². The van der Waals surface area contributed by atoms with Crippen LogP contribution in [0.5, 0.6) is 0 Å². The van der Waals surface area contributed by atoms with Gasteiger partial charge in [-0.25, -0.2) is 18.1 Å². The van der Waals surface area contributed by atoms with Crippen LogP contribution in [0.15, 0.2) is 41.7 Å². The average Bonchev–Trinajstić information content (AvgIpc) is 2.83. The lowest BCUT2D eigenvalue weighted by Gasteiger charge is -2.22. The van der Waals surface area contributed by atoms with E-state index in [1.807, 2.05) is 37.5 Å². The van der Waals surface area contributed by atoms with Crippen molar-refractivity contribution in [3.8, 4) is 0 Å². The van der Waals surface area contributed by atoms with Crippen LogP contribution < -0.4 is 4.72 Å². The van der Waals surface area contributed by atoms with Crippen LogP contribution in [0, 0.1) is 6.92 Å². The first-order chi connectivity index (χ1) is 10.8. The molecule has 2 rings (SSSR count). The number of sulfonamides is 1. The van der Waals surface area contributed by atoms with Gasteiger partial charge in [0.2, 0.25) is 10.0 Å². The molecule has 1 heterocycles. The van der Waals surface area contributed by atoms with Gasteiger partial charge in [-0.15, -0.1) is 0 Å². The predicted octanol–water partition coefficient (Wildman–Crippen LogP) is 1.18. The third-order valence-corrected chi connectivity index (χ3v) is 5.15. The molecule has 0 bridgehead atoms. The van der Waals surface area contributed by atoms with E-state index >= 15 is 0 Å². The Labute approximate surface area is 138 Å². The second-order valence-corrected chi connectivity index (χ2v) is 7.81. The Bertz CT molecular complexity index is 736. The van der Waals surface area contributed by atoms with Gasteiger partial charge in [0.25, 0.3) is 0 Å². The van der Waals surface area contributed by atoms with Gasteiger partial charge in [0.1, 0.15) is 0 Å². The molecular weight excluding hydrogens is 312 g/mol. The molecule has 126 valence electrons. The van der Waals surface area contributed by atoms with Gasteiger partial charge in [-0.1, -0.05) is 17.7 Å². The van der Waals surface area contributed by atoms with Crippen molar-refractivity contribution in [3.63, 3.8) is 0 Å². The molecule has 7 heteroatoms. The van der Waals surface area contributed by atoms with Crippen LogP contribution in [-0.2, 0) is 23.5 Å². The van der Waals surface area contributed by atoms with E-state index in [1.165, 1.54) is 0 Å². The van der Waals surface area contributed by atoms with E-state index in [4.69, 9.17) is 0 Å². The van der Waals surface area contributed by atoms with Crippen LogP contribution in [0.4, 0.5) is 0 Å². The van der Waals surface area contributed by atoms with E-state index in [-0.39, 0.29) is 10.9 Å². The van der Waals surface area contributed by atoms with Gasteiger partial charge in [-0.2, -0.15) is 0 Å². The number of nitrogens with zero attached hydrogens (tertiary/aromatic N) is 3. The van der Waals surface area contributed by atoms with Gasteiger partial charge in [0, 0.05) is 37.9 Å². The first-order valence-electron chi connectivity index (χ1n) is 7.47. The van der Waals surface area contributed by atoms with E-state index in [0.29, 0.717) is 13.0 Å². The summed E-state index contributed by atoms with van der Waals surface area (Å²) < 4.78 is 29.9. The second-order valence-electron chi connectivity index (χ2n) is 6.09. The zero-order chi connectivity index (χ0) is 17.0. The highest BCUT2D eigenvalue weighted by Gasteiger charge is 2.21. The smallest absolute Gasteiger partial charge is 0.240 e. The number of benzene rings is 1. The van der Waals surface area contributed by atoms with Crippen LogP contribution in [-0.4, -0.2) is 49.6 Å². The van der Waals surface area contributed by atoms with Gasteiger partial charge in [0.05, 0.1) is 11.2 Å². The van der Waals surface area contributed by atoms with Gasteiger partial charge in [-0.05, 0) is 33.2 Å². The van der Waals surface area contributed by atoms with Crippen molar-refractivity contribution in [1.29, 1.82) is 0 Å². The maximum Gasteiger partial charge on any atom is 0.240 e. The Morgan fingerprint density at radius 2 is 1.91 bits per heavy atom. The quantitative estimate of drug-likeness (QED) is 0.824. The van der Waals surface area contributed by atoms with Crippen LogP contribution in [0.2, 0.25) is 0 Å². The molecule has 0 radical (unpaired) electrons. The summed E-state index contributed by atoms with van der Waals surface area (Å²) >= 11 is 0. The maximum absolute atomic E-state index is 12.6. The molecule has 0 aliphatic carbocycles. The summed E-state index contributed by atoms with van der Waals surface area (Å²) in [5.74, 6) is 0. The fourth-order valence-corrected chi connectivity index (χ4v) is 3.65. The lowest BCUT2D eigenvalue weighted by molar-refractivity contribution is 0.355. The molecule has 1 aromatic heterocycles. The minimum Gasteiger partial charge on any atom is -0.338 e. The Balaban J connectivity index is 2.19. The molecule has 0 saturated carbocycles. The minimum atomic E-state index is -3.54. The van der Waals surface area contributed by atoms with Gasteiger partial charge in [-0.3, -0.25) is 0 Å². The number of aromatic nitrogens is 2. The molecule has 0 aliphatic heterocycles. The Morgan fingerprint density at radius 1 is 1.26 bits per heavy atom. The van der Waals surface area contributed by atoms with Crippen molar-refractivity contribution in [1.82, 2.24) is 19.2 Å². The Kier molecular flexibility index (Phi) is 5.56. The summed E-state index contributed by atoms with van der Waals surface area (Å²) in [6.45, 7) is 2.54. The lowest BCUT2D eigenvalue weighted by Crippen LogP contribution is -2.43. The van der Waals surface area contributed by atoms with Crippen molar-refractivity contribution in [2.75, 3.05) is 20.6 Å². The highest BCUT2D eigenvalue weighted by Crippen LogP contribution is 2.12. The maximum atomic E-state index is 12.6. The largest absolute Gasteiger partial charge is 0.338 e. The first-order valence-corrected chi connectivity index (χ1v) is 8.95. The highest BCUT2D eigenvalue weighted by molar-refractivity contribution is 7.89. The number of hydrogen-bond acceptors (Lipinski definition) is 4. The van der Waals surface area contributed by atoms with Crippen LogP contribution in [0.1, 0.15) is 11.3 Å². The molecule has 0 aliphatic rings. The fourth-order valence-electron chi connectivity index (χ4n) is 2.42. The average molecular weight is 336 g/mol. The zero-order valence-electron chi connectivity index (χ0n) is 14.0. The molecule has 23 heavy (non-hydrogen) atoms. The van der Waals surface area contributed by atoms with Gasteiger partial charge in [0.15, 0.2) is 0 Å². The molecule has 1 aromatic carbocycles. The third kappa shape index (κ3) is 4.89. The van der Waals surface area contributed by atoms with Crippen LogP contribution in [0.3, 0.4) is 0 Å². The predicted molar refractivity (Wildman–Crippen MR) is 90.8 cm³/mol. The standard InChI is InChI=1S/C16H24N4O2S/c1-13-5-7-16(8-6-13)23(21,22)18-14(11-19(2)3)9-15-10-17-12-20(15)4/h5-8,10,12,14,18H,9,11H2,1-4H3. The van der Waals surface area contributed by atoms with Gasteiger partial charge < -0.3 is 9.47 Å². The molecule has 6 nitrogen and oxygen atoms in total. The topological polar surface area (TPSA) is 67.2 Å². The fraction of sp³-hybridized carbons (Fsp3) is 0.438. The molecular formula is C16H24N4O2S. The summed E-state index contributed by atoms with van der Waals surface area (Å²) in [7, 11) is 2.22. The summed E-state index contributed by atoms with van der Waals surface area (Å²) in [6, 6.07) is 6.64. The molecule has 0 amide bonds. The van der Waals surface area contributed by atoms with Crippen molar-refractivity contribution in [2.24, 2.45) is 7.05 Å². The summed E-state index contributed by atoms with van der Waals surface area (Å²) in [6.07, 6.45) is 4.07. The molecule has 0 spiro atoms. The second kappa shape index (κ2) is 7.25. The molecule has 2 aromatic rings. The first kappa shape index (κ1) is 17.7. The summed E-state index contributed by atoms with van der Waals surface area (Å²) in [4.78, 5) is 6.35. The molecule has 1 N–H and O–H groups in total. The Hall–Kier alpha value is -1.70. The Morgan fingerprint density at radius 3 is 2.43 bits per heavy atom. The van der Waals surface area contributed by atoms with Crippen molar-refractivity contribution < 1.29 is 8.42 Å². The monoisotopic (exact) mass is 336 g/mol. The number of aryl methyl sites for hydroxylation is 2. The van der Waals surface area contributed by atoms with Crippen molar-refractivity contribution in [3.05, 3.63) is 48.0 Å². The van der Waals surface area contributed by atoms with Gasteiger partial charge >= 0.3 is 0 Å². The minimum absolute atomic E-state index is 0.230. The van der Waals surface area contributed by atoms with E-state index in [9.17, 15) is 8.42 Å². The highest BCUT2D eigenvalue weighted by atomic mass is 32.2. The van der Waals surface area contributed by atoms with Crippen molar-refractivity contribution in [2.45, 2.75) is 24.3 Å².